The largest absolute Gasteiger partial charge is 0.490 e. The van der Waals surface area contributed by atoms with Crippen LogP contribution in [0.4, 0.5) is 10.5 Å². The number of urea groups is 1. The second kappa shape index (κ2) is 9.76. The van der Waals surface area contributed by atoms with E-state index in [1.54, 1.807) is 29.5 Å². The maximum atomic E-state index is 12.4. The Labute approximate surface area is 175 Å². The number of hydrogen-bond donors (Lipinski definition) is 2. The molecule has 1 aromatic heterocycles. The van der Waals surface area contributed by atoms with Crippen LogP contribution in [-0.4, -0.2) is 43.1 Å². The highest BCUT2D eigenvalue weighted by Gasteiger charge is 2.26. The molecule has 29 heavy (non-hydrogen) atoms. The van der Waals surface area contributed by atoms with Crippen LogP contribution in [-0.2, 0) is 11.2 Å². The lowest BCUT2D eigenvalue weighted by atomic mass is 10.0. The van der Waals surface area contributed by atoms with E-state index in [1.807, 2.05) is 13.8 Å². The molecule has 2 heterocycles. The Morgan fingerprint density at radius 1 is 1.17 bits per heavy atom. The highest BCUT2D eigenvalue weighted by Crippen LogP contribution is 2.32. The highest BCUT2D eigenvalue weighted by molar-refractivity contribution is 7.10. The minimum Gasteiger partial charge on any atom is -0.490 e. The standard InChI is InChI=1S/C21H27N3O4S/c1-4-27-17-7-6-15(12-18(17)28-5-2)22-21(26)23-20(25)13-24-10-8-19-16(14(24)3)9-11-29-19/h6-7,9,11-12,14H,4-5,8,10,13H2,1-3H3,(H2,22,23,25,26)/t14-/m0/s1. The number of anilines is 1. The molecule has 1 atom stereocenters. The van der Waals surface area contributed by atoms with Gasteiger partial charge in [-0.15, -0.1) is 11.3 Å². The summed E-state index contributed by atoms with van der Waals surface area (Å²) in [6.07, 6.45) is 0.934. The first-order chi connectivity index (χ1) is 14.0. The lowest BCUT2D eigenvalue weighted by Crippen LogP contribution is -2.44. The van der Waals surface area contributed by atoms with E-state index in [2.05, 4.69) is 33.9 Å². The van der Waals surface area contributed by atoms with E-state index in [1.165, 1.54) is 10.4 Å². The number of nitrogens with one attached hydrogen (secondary N) is 2. The Kier molecular flexibility index (Phi) is 7.11. The van der Waals surface area contributed by atoms with Crippen molar-refractivity contribution < 1.29 is 19.1 Å². The summed E-state index contributed by atoms with van der Waals surface area (Å²) in [4.78, 5) is 28.1. The van der Waals surface area contributed by atoms with Gasteiger partial charge in [0.25, 0.3) is 0 Å². The van der Waals surface area contributed by atoms with Crippen LogP contribution in [0.1, 0.15) is 37.3 Å². The molecule has 0 spiro atoms. The number of fused-ring (bicyclic) bond motifs is 1. The first-order valence-electron chi connectivity index (χ1n) is 9.82. The molecule has 1 aromatic carbocycles. The molecular weight excluding hydrogens is 390 g/mol. The first kappa shape index (κ1) is 21.1. The zero-order chi connectivity index (χ0) is 20.8. The van der Waals surface area contributed by atoms with Crippen LogP contribution in [0, 0.1) is 0 Å². The summed E-state index contributed by atoms with van der Waals surface area (Å²) in [6.45, 7) is 7.84. The number of thiophene rings is 1. The second-order valence-corrected chi connectivity index (χ2v) is 7.73. The Morgan fingerprint density at radius 2 is 1.93 bits per heavy atom. The molecular formula is C21H27N3O4S. The SMILES string of the molecule is CCOc1ccc(NC(=O)NC(=O)CN2CCc3sccc3[C@@H]2C)cc1OCC. The van der Waals surface area contributed by atoms with Gasteiger partial charge in [-0.2, -0.15) is 0 Å². The van der Waals surface area contributed by atoms with Crippen molar-refractivity contribution >= 4 is 29.0 Å². The fraction of sp³-hybridized carbons (Fsp3) is 0.429. The molecule has 8 heteroatoms. The monoisotopic (exact) mass is 417 g/mol. The molecule has 0 saturated heterocycles. The third-order valence-corrected chi connectivity index (χ3v) is 5.80. The normalized spacial score (nSPS) is 16.0. The number of carbonyl (C=O) groups excluding carboxylic acids is 2. The minimum atomic E-state index is -0.567. The van der Waals surface area contributed by atoms with Crippen LogP contribution in [0.15, 0.2) is 29.6 Å². The smallest absolute Gasteiger partial charge is 0.325 e. The number of rotatable bonds is 7. The van der Waals surface area contributed by atoms with Crippen molar-refractivity contribution in [1.82, 2.24) is 10.2 Å². The quantitative estimate of drug-likeness (QED) is 0.716. The van der Waals surface area contributed by atoms with Gasteiger partial charge in [-0.1, -0.05) is 0 Å². The van der Waals surface area contributed by atoms with Crippen LogP contribution in [0.5, 0.6) is 11.5 Å². The number of nitrogens with zero attached hydrogens (tertiary/aromatic N) is 1. The summed E-state index contributed by atoms with van der Waals surface area (Å²) in [5.74, 6) is 0.833. The molecule has 0 aliphatic carbocycles. The molecule has 0 fully saturated rings. The Hall–Kier alpha value is -2.58. The number of amides is 3. The molecule has 0 unspecified atom stereocenters. The molecule has 3 rings (SSSR count). The van der Waals surface area contributed by atoms with Gasteiger partial charge in [0.2, 0.25) is 5.91 Å². The van der Waals surface area contributed by atoms with E-state index in [9.17, 15) is 9.59 Å². The molecule has 1 aliphatic heterocycles. The van der Waals surface area contributed by atoms with E-state index in [0.29, 0.717) is 30.4 Å². The lowest BCUT2D eigenvalue weighted by molar-refractivity contribution is -0.121. The molecule has 7 nitrogen and oxygen atoms in total. The van der Waals surface area contributed by atoms with Gasteiger partial charge in [0.1, 0.15) is 0 Å². The van der Waals surface area contributed by atoms with Crippen LogP contribution in [0.2, 0.25) is 0 Å². The summed E-state index contributed by atoms with van der Waals surface area (Å²) in [5, 5.41) is 7.17. The second-order valence-electron chi connectivity index (χ2n) is 6.73. The molecule has 0 radical (unpaired) electrons. The molecule has 0 bridgehead atoms. The third-order valence-electron chi connectivity index (χ3n) is 4.80. The minimum absolute atomic E-state index is 0.165. The molecule has 2 aromatic rings. The van der Waals surface area contributed by atoms with E-state index < -0.39 is 6.03 Å². The zero-order valence-corrected chi connectivity index (χ0v) is 17.8. The first-order valence-corrected chi connectivity index (χ1v) is 10.7. The summed E-state index contributed by atoms with van der Waals surface area (Å²) >= 11 is 1.76. The van der Waals surface area contributed by atoms with Gasteiger partial charge in [-0.25, -0.2) is 4.79 Å². The van der Waals surface area contributed by atoms with Crippen molar-refractivity contribution in [3.05, 3.63) is 40.1 Å². The van der Waals surface area contributed by atoms with Gasteiger partial charge >= 0.3 is 6.03 Å². The fourth-order valence-electron chi connectivity index (χ4n) is 3.42. The molecule has 3 amide bonds. The highest BCUT2D eigenvalue weighted by atomic mass is 32.1. The van der Waals surface area contributed by atoms with Crippen LogP contribution < -0.4 is 20.1 Å². The number of benzene rings is 1. The van der Waals surface area contributed by atoms with Crippen molar-refractivity contribution in [3.8, 4) is 11.5 Å². The van der Waals surface area contributed by atoms with Gasteiger partial charge in [0, 0.05) is 29.2 Å². The summed E-state index contributed by atoms with van der Waals surface area (Å²) < 4.78 is 11.1. The van der Waals surface area contributed by atoms with Gasteiger partial charge < -0.3 is 14.8 Å². The summed E-state index contributed by atoms with van der Waals surface area (Å²) in [7, 11) is 0. The summed E-state index contributed by atoms with van der Waals surface area (Å²) in [5.41, 5.74) is 1.80. The van der Waals surface area contributed by atoms with Crippen LogP contribution >= 0.6 is 11.3 Å². The van der Waals surface area contributed by atoms with Crippen molar-refractivity contribution in [2.45, 2.75) is 33.2 Å². The van der Waals surface area contributed by atoms with Crippen LogP contribution in [0.3, 0.4) is 0 Å². The predicted molar refractivity (Wildman–Crippen MR) is 114 cm³/mol. The molecule has 0 saturated carbocycles. The van der Waals surface area contributed by atoms with Crippen molar-refractivity contribution in [3.63, 3.8) is 0 Å². The molecule has 2 N–H and O–H groups in total. The maximum Gasteiger partial charge on any atom is 0.325 e. The van der Waals surface area contributed by atoms with E-state index in [0.717, 1.165) is 13.0 Å². The Morgan fingerprint density at radius 3 is 2.69 bits per heavy atom. The van der Waals surface area contributed by atoms with E-state index in [4.69, 9.17) is 9.47 Å². The molecule has 156 valence electrons. The van der Waals surface area contributed by atoms with Gasteiger partial charge in [-0.3, -0.25) is 15.0 Å². The predicted octanol–water partition coefficient (Wildman–Crippen LogP) is 3.81. The Balaban J connectivity index is 1.55. The van der Waals surface area contributed by atoms with E-state index in [-0.39, 0.29) is 18.5 Å². The van der Waals surface area contributed by atoms with Crippen molar-refractivity contribution in [2.24, 2.45) is 0 Å². The fourth-order valence-corrected chi connectivity index (χ4v) is 4.38. The van der Waals surface area contributed by atoms with Gasteiger partial charge in [0.15, 0.2) is 11.5 Å². The van der Waals surface area contributed by atoms with Gasteiger partial charge in [0.05, 0.1) is 19.8 Å². The van der Waals surface area contributed by atoms with Crippen LogP contribution in [0.25, 0.3) is 0 Å². The zero-order valence-electron chi connectivity index (χ0n) is 17.0. The van der Waals surface area contributed by atoms with Crippen molar-refractivity contribution in [2.75, 3.05) is 31.6 Å². The number of carbonyl (C=O) groups is 2. The number of ether oxygens (including phenoxy) is 2. The van der Waals surface area contributed by atoms with Crippen molar-refractivity contribution in [1.29, 1.82) is 0 Å². The topological polar surface area (TPSA) is 79.9 Å². The third kappa shape index (κ3) is 5.27. The maximum absolute atomic E-state index is 12.4. The number of hydrogen-bond acceptors (Lipinski definition) is 6. The Bertz CT molecular complexity index is 867. The lowest BCUT2D eigenvalue weighted by Gasteiger charge is -2.32. The average Bonchev–Trinajstić information content (AvgIpc) is 3.16. The van der Waals surface area contributed by atoms with Gasteiger partial charge in [-0.05, 0) is 56.3 Å². The summed E-state index contributed by atoms with van der Waals surface area (Å²) in [6, 6.07) is 6.84. The molecule has 1 aliphatic rings. The average molecular weight is 418 g/mol. The number of imide groups is 1. The van der Waals surface area contributed by atoms with E-state index >= 15 is 0 Å².